The van der Waals surface area contributed by atoms with Gasteiger partial charge in [-0.1, -0.05) is 66.7 Å². The van der Waals surface area contributed by atoms with E-state index in [4.69, 9.17) is 4.74 Å². The van der Waals surface area contributed by atoms with E-state index in [1.165, 1.54) is 21.9 Å². The second kappa shape index (κ2) is 6.28. The molecule has 0 radical (unpaired) electrons. The number of pyridine rings is 1. The first-order valence-electron chi connectivity index (χ1n) is 8.80. The maximum Gasteiger partial charge on any atom is 0.194 e. The van der Waals surface area contributed by atoms with Crippen LogP contribution < -0.4 is 10.1 Å². The molecule has 0 bridgehead atoms. The Bertz CT molecular complexity index is 1050. The first kappa shape index (κ1) is 15.1. The van der Waals surface area contributed by atoms with Gasteiger partial charge in [-0.2, -0.15) is 0 Å². The smallest absolute Gasteiger partial charge is 0.194 e. The lowest BCUT2D eigenvalue weighted by molar-refractivity contribution is 0.129. The normalized spacial score (nSPS) is 18.9. The van der Waals surface area contributed by atoms with Crippen molar-refractivity contribution in [3.05, 3.63) is 108 Å². The van der Waals surface area contributed by atoms with Crippen molar-refractivity contribution in [3.63, 3.8) is 0 Å². The maximum atomic E-state index is 6.30. The van der Waals surface area contributed by atoms with Gasteiger partial charge in [0.15, 0.2) is 6.23 Å². The monoisotopic (exact) mass is 338 g/mol. The summed E-state index contributed by atoms with van der Waals surface area (Å²) in [6, 6.07) is 29.1. The molecule has 0 amide bonds. The number of nitrogens with one attached hydrogen (secondary N) is 1. The van der Waals surface area contributed by atoms with Crippen molar-refractivity contribution < 1.29 is 4.74 Å². The Morgan fingerprint density at radius 2 is 1.58 bits per heavy atom. The highest BCUT2D eigenvalue weighted by molar-refractivity contribution is 5.89. The first-order chi connectivity index (χ1) is 12.9. The predicted octanol–water partition coefficient (Wildman–Crippen LogP) is 5.01. The van der Waals surface area contributed by atoms with Gasteiger partial charge in [-0.05, 0) is 34.5 Å². The average Bonchev–Trinajstić information content (AvgIpc) is 2.74. The Morgan fingerprint density at radius 3 is 2.42 bits per heavy atom. The zero-order chi connectivity index (χ0) is 17.3. The van der Waals surface area contributed by atoms with E-state index >= 15 is 0 Å². The summed E-state index contributed by atoms with van der Waals surface area (Å²) >= 11 is 0. The molecule has 0 saturated carbocycles. The van der Waals surface area contributed by atoms with Crippen molar-refractivity contribution in [1.29, 1.82) is 0 Å². The summed E-state index contributed by atoms with van der Waals surface area (Å²) in [6.45, 7) is 0. The molecule has 0 spiro atoms. The number of nitrogens with zero attached hydrogens (tertiary/aromatic N) is 1. The Kier molecular flexibility index (Phi) is 3.65. The van der Waals surface area contributed by atoms with Crippen LogP contribution in [0.2, 0.25) is 0 Å². The molecule has 126 valence electrons. The van der Waals surface area contributed by atoms with Crippen LogP contribution in [0, 0.1) is 0 Å². The van der Waals surface area contributed by atoms with Gasteiger partial charge >= 0.3 is 0 Å². The molecule has 0 saturated heterocycles. The van der Waals surface area contributed by atoms with Crippen LogP contribution in [0.15, 0.2) is 91.1 Å². The summed E-state index contributed by atoms with van der Waals surface area (Å²) < 4.78 is 6.30. The molecular weight excluding hydrogens is 320 g/mol. The largest absolute Gasteiger partial charge is 0.469 e. The van der Waals surface area contributed by atoms with Gasteiger partial charge in [0.1, 0.15) is 5.75 Å². The highest BCUT2D eigenvalue weighted by Gasteiger charge is 2.31. The van der Waals surface area contributed by atoms with Gasteiger partial charge in [0.05, 0.1) is 11.7 Å². The molecule has 26 heavy (non-hydrogen) atoms. The third kappa shape index (κ3) is 2.54. The first-order valence-corrected chi connectivity index (χ1v) is 8.80. The van der Waals surface area contributed by atoms with Crippen LogP contribution in [0.4, 0.5) is 0 Å². The summed E-state index contributed by atoms with van der Waals surface area (Å²) in [7, 11) is 0. The predicted molar refractivity (Wildman–Crippen MR) is 103 cm³/mol. The highest BCUT2D eigenvalue weighted by Crippen LogP contribution is 2.42. The molecule has 3 heteroatoms. The van der Waals surface area contributed by atoms with Gasteiger partial charge in [0.25, 0.3) is 0 Å². The lowest BCUT2D eigenvalue weighted by Gasteiger charge is -2.34. The van der Waals surface area contributed by atoms with Crippen LogP contribution >= 0.6 is 0 Å². The van der Waals surface area contributed by atoms with Crippen molar-refractivity contribution in [3.8, 4) is 5.75 Å². The molecule has 3 nitrogen and oxygen atoms in total. The topological polar surface area (TPSA) is 34.2 Å². The number of hydrogen-bond acceptors (Lipinski definition) is 3. The molecule has 1 aliphatic heterocycles. The summed E-state index contributed by atoms with van der Waals surface area (Å²) in [4.78, 5) is 4.48. The fourth-order valence-electron chi connectivity index (χ4n) is 3.66. The minimum Gasteiger partial charge on any atom is -0.469 e. The van der Waals surface area contributed by atoms with Gasteiger partial charge in [0, 0.05) is 11.8 Å². The third-order valence-corrected chi connectivity index (χ3v) is 4.87. The molecule has 2 heterocycles. The van der Waals surface area contributed by atoms with Gasteiger partial charge in [-0.15, -0.1) is 0 Å². The van der Waals surface area contributed by atoms with Crippen LogP contribution in [0.1, 0.15) is 29.1 Å². The van der Waals surface area contributed by atoms with Gasteiger partial charge in [-0.25, -0.2) is 0 Å². The van der Waals surface area contributed by atoms with Crippen LogP contribution in [-0.2, 0) is 0 Å². The van der Waals surface area contributed by atoms with E-state index < -0.39 is 0 Å². The van der Waals surface area contributed by atoms with Crippen molar-refractivity contribution in [2.75, 3.05) is 0 Å². The average molecular weight is 338 g/mol. The number of fused-ring (bicyclic) bond motifs is 3. The summed E-state index contributed by atoms with van der Waals surface area (Å²) in [6.07, 6.45) is 1.52. The Hall–Kier alpha value is -3.17. The van der Waals surface area contributed by atoms with E-state index in [-0.39, 0.29) is 12.3 Å². The standard InChI is InChI=1S/C23H18N2O/c1-2-9-17(10-3-1)22-21-18-11-5-4-8-16(18)13-14-20(21)26-23(25-22)19-12-6-7-15-24-19/h1-15,22-23,25H. The Balaban J connectivity index is 1.70. The minimum absolute atomic E-state index is 0.0399. The van der Waals surface area contributed by atoms with Gasteiger partial charge in [-0.3, -0.25) is 10.3 Å². The van der Waals surface area contributed by atoms with E-state index in [9.17, 15) is 0 Å². The molecule has 0 aliphatic carbocycles. The molecule has 1 aliphatic rings. The number of ether oxygens (including phenoxy) is 1. The molecule has 1 aromatic heterocycles. The zero-order valence-corrected chi connectivity index (χ0v) is 14.2. The van der Waals surface area contributed by atoms with E-state index in [2.05, 4.69) is 71.0 Å². The van der Waals surface area contributed by atoms with Crippen LogP contribution in [0.25, 0.3) is 10.8 Å². The lowest BCUT2D eigenvalue weighted by atomic mass is 9.91. The van der Waals surface area contributed by atoms with Crippen molar-refractivity contribution >= 4 is 10.8 Å². The van der Waals surface area contributed by atoms with Crippen molar-refractivity contribution in [1.82, 2.24) is 10.3 Å². The molecule has 1 N–H and O–H groups in total. The summed E-state index contributed by atoms with van der Waals surface area (Å²) in [5, 5.41) is 6.08. The SMILES string of the molecule is c1ccc(C2NC(c3ccccn3)Oc3ccc4ccccc4c32)cc1. The van der Waals surface area contributed by atoms with E-state index in [1.54, 1.807) is 6.20 Å². The van der Waals surface area contributed by atoms with Gasteiger partial charge in [0.2, 0.25) is 0 Å². The Labute approximate surface area is 152 Å². The van der Waals surface area contributed by atoms with E-state index in [0.717, 1.165) is 11.4 Å². The fourth-order valence-corrected chi connectivity index (χ4v) is 3.66. The summed E-state index contributed by atoms with van der Waals surface area (Å²) in [5.74, 6) is 0.909. The summed E-state index contributed by atoms with van der Waals surface area (Å²) in [5.41, 5.74) is 3.28. The van der Waals surface area contributed by atoms with Gasteiger partial charge < -0.3 is 4.74 Å². The molecule has 0 fully saturated rings. The molecule has 2 unspecified atom stereocenters. The van der Waals surface area contributed by atoms with E-state index in [1.807, 2.05) is 24.3 Å². The number of benzene rings is 3. The van der Waals surface area contributed by atoms with E-state index in [0.29, 0.717) is 0 Å². The molecular formula is C23H18N2O. The van der Waals surface area contributed by atoms with Crippen LogP contribution in [-0.4, -0.2) is 4.98 Å². The maximum absolute atomic E-state index is 6.30. The molecule has 4 aromatic rings. The molecule has 3 aromatic carbocycles. The number of hydrogen-bond donors (Lipinski definition) is 1. The number of aromatic nitrogens is 1. The van der Waals surface area contributed by atoms with Crippen molar-refractivity contribution in [2.24, 2.45) is 0 Å². The lowest BCUT2D eigenvalue weighted by Crippen LogP contribution is -2.36. The zero-order valence-electron chi connectivity index (χ0n) is 14.2. The second-order valence-corrected chi connectivity index (χ2v) is 6.46. The Morgan fingerprint density at radius 1 is 0.769 bits per heavy atom. The quantitative estimate of drug-likeness (QED) is 0.558. The van der Waals surface area contributed by atoms with Crippen LogP contribution in [0.3, 0.4) is 0 Å². The number of rotatable bonds is 2. The fraction of sp³-hybridized carbons (Fsp3) is 0.0870. The third-order valence-electron chi connectivity index (χ3n) is 4.87. The molecule has 2 atom stereocenters. The van der Waals surface area contributed by atoms with Crippen LogP contribution in [0.5, 0.6) is 5.75 Å². The van der Waals surface area contributed by atoms with Crippen molar-refractivity contribution in [2.45, 2.75) is 12.3 Å². The highest BCUT2D eigenvalue weighted by atomic mass is 16.5. The minimum atomic E-state index is -0.282. The second-order valence-electron chi connectivity index (χ2n) is 6.46. The molecule has 5 rings (SSSR count).